The summed E-state index contributed by atoms with van der Waals surface area (Å²) in [5, 5.41) is 3.63. The molecule has 114 valence electrons. The first-order chi connectivity index (χ1) is 8.87. The van der Waals surface area contributed by atoms with Crippen LogP contribution in [0.25, 0.3) is 0 Å². The Kier molecular flexibility index (Phi) is 7.33. The van der Waals surface area contributed by atoms with E-state index in [1.165, 1.54) is 32.5 Å². The van der Waals surface area contributed by atoms with Crippen LogP contribution in [0.1, 0.15) is 47.5 Å². The number of hydrogen-bond donors (Lipinski definition) is 1. The van der Waals surface area contributed by atoms with Crippen LogP contribution in [0.15, 0.2) is 0 Å². The van der Waals surface area contributed by atoms with E-state index in [2.05, 4.69) is 44.8 Å². The Balaban J connectivity index is 2.05. The summed E-state index contributed by atoms with van der Waals surface area (Å²) in [7, 11) is 0. The van der Waals surface area contributed by atoms with Gasteiger partial charge in [-0.05, 0) is 65.1 Å². The summed E-state index contributed by atoms with van der Waals surface area (Å²) in [5.41, 5.74) is 0.252. The van der Waals surface area contributed by atoms with E-state index in [4.69, 9.17) is 4.74 Å². The van der Waals surface area contributed by atoms with Crippen molar-refractivity contribution in [2.45, 2.75) is 53.0 Å². The third kappa shape index (κ3) is 8.61. The molecule has 0 aromatic carbocycles. The van der Waals surface area contributed by atoms with Gasteiger partial charge in [0.2, 0.25) is 0 Å². The molecule has 3 heteroatoms. The van der Waals surface area contributed by atoms with Gasteiger partial charge in [-0.3, -0.25) is 0 Å². The highest BCUT2D eigenvalue weighted by Gasteiger charge is 2.20. The van der Waals surface area contributed by atoms with Crippen LogP contribution in [-0.2, 0) is 4.74 Å². The van der Waals surface area contributed by atoms with E-state index in [1.807, 2.05) is 0 Å². The van der Waals surface area contributed by atoms with Gasteiger partial charge in [0.05, 0.1) is 6.61 Å². The molecule has 3 nitrogen and oxygen atoms in total. The quantitative estimate of drug-likeness (QED) is 0.720. The zero-order valence-electron chi connectivity index (χ0n) is 13.7. The molecule has 0 unspecified atom stereocenters. The Morgan fingerprint density at radius 1 is 1.21 bits per heavy atom. The molecular weight excluding hydrogens is 236 g/mol. The average Bonchev–Trinajstić information content (AvgIpc) is 2.32. The summed E-state index contributed by atoms with van der Waals surface area (Å²) < 4.78 is 5.66. The fraction of sp³-hybridized carbons (Fsp3) is 1.00. The maximum atomic E-state index is 5.66. The minimum Gasteiger partial charge on any atom is -0.380 e. The van der Waals surface area contributed by atoms with E-state index in [1.54, 1.807) is 0 Å². The van der Waals surface area contributed by atoms with E-state index < -0.39 is 0 Å². The lowest BCUT2D eigenvalue weighted by Crippen LogP contribution is -2.43. The largest absolute Gasteiger partial charge is 0.380 e. The summed E-state index contributed by atoms with van der Waals surface area (Å²) in [6, 6.07) is 0. The van der Waals surface area contributed by atoms with Crippen LogP contribution in [0.5, 0.6) is 0 Å². The average molecular weight is 270 g/mol. The molecule has 1 heterocycles. The summed E-state index contributed by atoms with van der Waals surface area (Å²) >= 11 is 0. The molecule has 0 aliphatic carbocycles. The molecule has 0 saturated carbocycles. The van der Waals surface area contributed by atoms with E-state index in [-0.39, 0.29) is 5.54 Å². The highest BCUT2D eigenvalue weighted by atomic mass is 16.5. The second-order valence-corrected chi connectivity index (χ2v) is 7.38. The van der Waals surface area contributed by atoms with Crippen LogP contribution < -0.4 is 5.32 Å². The fourth-order valence-electron chi connectivity index (χ4n) is 2.38. The van der Waals surface area contributed by atoms with Crippen LogP contribution in [0.4, 0.5) is 0 Å². The number of ether oxygens (including phenoxy) is 1. The molecule has 0 amide bonds. The van der Waals surface area contributed by atoms with Crippen molar-refractivity contribution in [3.05, 3.63) is 0 Å². The molecule has 1 saturated heterocycles. The lowest BCUT2D eigenvalue weighted by molar-refractivity contribution is 0.0734. The molecular formula is C16H34N2O. The number of piperidine rings is 1. The van der Waals surface area contributed by atoms with Crippen molar-refractivity contribution in [3.8, 4) is 0 Å². The molecule has 1 fully saturated rings. The SMILES string of the molecule is CC(C)COCCN1CCC(CNC(C)(C)C)CC1. The standard InChI is InChI=1S/C16H34N2O/c1-14(2)13-19-11-10-18-8-6-15(7-9-18)12-17-16(3,4)5/h14-15,17H,6-13H2,1-5H3. The van der Waals surface area contributed by atoms with Gasteiger partial charge in [0.25, 0.3) is 0 Å². The number of rotatable bonds is 7. The Bertz CT molecular complexity index is 227. The van der Waals surface area contributed by atoms with E-state index in [0.29, 0.717) is 5.92 Å². The normalized spacial score (nSPS) is 19.3. The highest BCUT2D eigenvalue weighted by Crippen LogP contribution is 2.17. The summed E-state index contributed by atoms with van der Waals surface area (Å²) in [4.78, 5) is 2.55. The van der Waals surface area contributed by atoms with Crippen molar-refractivity contribution in [2.75, 3.05) is 39.4 Å². The molecule has 1 N–H and O–H groups in total. The zero-order valence-corrected chi connectivity index (χ0v) is 13.7. The smallest absolute Gasteiger partial charge is 0.0593 e. The number of hydrogen-bond acceptors (Lipinski definition) is 3. The molecule has 0 spiro atoms. The van der Waals surface area contributed by atoms with Gasteiger partial charge < -0.3 is 15.0 Å². The predicted octanol–water partition coefficient (Wildman–Crippen LogP) is 2.76. The number of nitrogens with zero attached hydrogens (tertiary/aromatic N) is 1. The van der Waals surface area contributed by atoms with Crippen LogP contribution in [0.3, 0.4) is 0 Å². The van der Waals surface area contributed by atoms with Crippen molar-refractivity contribution in [2.24, 2.45) is 11.8 Å². The van der Waals surface area contributed by atoms with Crippen molar-refractivity contribution in [3.63, 3.8) is 0 Å². The van der Waals surface area contributed by atoms with Crippen LogP contribution in [-0.4, -0.2) is 49.8 Å². The van der Waals surface area contributed by atoms with E-state index in [0.717, 1.165) is 25.7 Å². The van der Waals surface area contributed by atoms with Gasteiger partial charge >= 0.3 is 0 Å². The molecule has 0 aromatic heterocycles. The summed E-state index contributed by atoms with van der Waals surface area (Å²) in [6.45, 7) is 17.7. The van der Waals surface area contributed by atoms with Crippen molar-refractivity contribution in [1.82, 2.24) is 10.2 Å². The van der Waals surface area contributed by atoms with E-state index >= 15 is 0 Å². The van der Waals surface area contributed by atoms with Crippen molar-refractivity contribution < 1.29 is 4.74 Å². The summed E-state index contributed by atoms with van der Waals surface area (Å²) in [5.74, 6) is 1.50. The Morgan fingerprint density at radius 2 is 1.84 bits per heavy atom. The first-order valence-electron chi connectivity index (χ1n) is 7.92. The maximum absolute atomic E-state index is 5.66. The molecule has 1 aliphatic rings. The third-order valence-electron chi connectivity index (χ3n) is 3.63. The number of nitrogens with one attached hydrogen (secondary N) is 1. The van der Waals surface area contributed by atoms with Crippen molar-refractivity contribution >= 4 is 0 Å². The molecule has 1 rings (SSSR count). The minimum atomic E-state index is 0.252. The fourth-order valence-corrected chi connectivity index (χ4v) is 2.38. The molecule has 0 radical (unpaired) electrons. The van der Waals surface area contributed by atoms with Crippen LogP contribution in [0, 0.1) is 11.8 Å². The van der Waals surface area contributed by atoms with Gasteiger partial charge in [-0.25, -0.2) is 0 Å². The zero-order chi connectivity index (χ0) is 14.3. The number of likely N-dealkylation sites (tertiary alicyclic amines) is 1. The maximum Gasteiger partial charge on any atom is 0.0593 e. The van der Waals surface area contributed by atoms with Gasteiger partial charge in [0.1, 0.15) is 0 Å². The Labute approximate surface area is 120 Å². The third-order valence-corrected chi connectivity index (χ3v) is 3.63. The molecule has 0 bridgehead atoms. The molecule has 1 aliphatic heterocycles. The second kappa shape index (κ2) is 8.23. The van der Waals surface area contributed by atoms with Crippen molar-refractivity contribution in [1.29, 1.82) is 0 Å². The topological polar surface area (TPSA) is 24.5 Å². The lowest BCUT2D eigenvalue weighted by Gasteiger charge is -2.33. The second-order valence-electron chi connectivity index (χ2n) is 7.38. The highest BCUT2D eigenvalue weighted by molar-refractivity contribution is 4.77. The van der Waals surface area contributed by atoms with Gasteiger partial charge in [-0.15, -0.1) is 0 Å². The van der Waals surface area contributed by atoms with Gasteiger partial charge in [0, 0.05) is 18.7 Å². The van der Waals surface area contributed by atoms with Crippen LogP contribution in [0.2, 0.25) is 0 Å². The summed E-state index contributed by atoms with van der Waals surface area (Å²) in [6.07, 6.45) is 2.65. The minimum absolute atomic E-state index is 0.252. The van der Waals surface area contributed by atoms with Gasteiger partial charge in [-0.1, -0.05) is 13.8 Å². The monoisotopic (exact) mass is 270 g/mol. The lowest BCUT2D eigenvalue weighted by atomic mass is 9.95. The first-order valence-corrected chi connectivity index (χ1v) is 7.92. The van der Waals surface area contributed by atoms with Crippen LogP contribution >= 0.6 is 0 Å². The Hall–Kier alpha value is -0.120. The molecule has 0 atom stereocenters. The first kappa shape index (κ1) is 16.9. The van der Waals surface area contributed by atoms with Gasteiger partial charge in [-0.2, -0.15) is 0 Å². The van der Waals surface area contributed by atoms with Gasteiger partial charge in [0.15, 0.2) is 0 Å². The molecule has 19 heavy (non-hydrogen) atoms. The molecule has 0 aromatic rings. The predicted molar refractivity (Wildman–Crippen MR) is 82.6 cm³/mol. The van der Waals surface area contributed by atoms with E-state index in [9.17, 15) is 0 Å². The Morgan fingerprint density at radius 3 is 2.37 bits per heavy atom.